The van der Waals surface area contributed by atoms with Crippen molar-refractivity contribution in [1.29, 1.82) is 0 Å². The van der Waals surface area contributed by atoms with Gasteiger partial charge in [0.25, 0.3) is 5.89 Å². The van der Waals surface area contributed by atoms with Crippen molar-refractivity contribution in [3.05, 3.63) is 56.8 Å². The molecule has 1 aromatic carbocycles. The predicted octanol–water partition coefficient (Wildman–Crippen LogP) is 3.17. The van der Waals surface area contributed by atoms with Crippen LogP contribution in [0.2, 0.25) is 5.02 Å². The molecule has 2 aromatic heterocycles. The van der Waals surface area contributed by atoms with Gasteiger partial charge in [0, 0.05) is 10.7 Å². The number of hydrogen-bond acceptors (Lipinski definition) is 5. The second kappa shape index (κ2) is 6.39. The summed E-state index contributed by atoms with van der Waals surface area (Å²) in [5.74, 6) is -0.861. The van der Waals surface area contributed by atoms with Gasteiger partial charge in [0.1, 0.15) is 6.54 Å². The molecule has 0 spiro atoms. The van der Waals surface area contributed by atoms with E-state index in [4.69, 9.17) is 16.0 Å². The second-order valence-electron chi connectivity index (χ2n) is 4.82. The molecule has 118 valence electrons. The number of carbonyl (C=O) groups is 1. The number of nitrogens with zero attached hydrogens (tertiary/aromatic N) is 2. The zero-order valence-corrected chi connectivity index (χ0v) is 13.6. The molecule has 6 nitrogen and oxygen atoms in total. The predicted molar refractivity (Wildman–Crippen MR) is 88.9 cm³/mol. The van der Waals surface area contributed by atoms with Crippen molar-refractivity contribution in [2.75, 3.05) is 5.32 Å². The van der Waals surface area contributed by atoms with Crippen molar-refractivity contribution in [1.82, 2.24) is 9.78 Å². The molecule has 0 atom stereocenters. The van der Waals surface area contributed by atoms with E-state index in [0.29, 0.717) is 10.7 Å². The van der Waals surface area contributed by atoms with Gasteiger partial charge < -0.3 is 9.73 Å². The monoisotopic (exact) mass is 349 g/mol. The number of halogens is 1. The highest BCUT2D eigenvalue weighted by Gasteiger charge is 2.14. The van der Waals surface area contributed by atoms with Gasteiger partial charge in [0.05, 0.1) is 4.88 Å². The van der Waals surface area contributed by atoms with Crippen molar-refractivity contribution in [3.63, 3.8) is 0 Å². The van der Waals surface area contributed by atoms with E-state index >= 15 is 0 Å². The first-order chi connectivity index (χ1) is 11.0. The molecule has 0 aliphatic rings. The number of carbonyl (C=O) groups excluding carboxylic acids is 1. The van der Waals surface area contributed by atoms with Crippen molar-refractivity contribution in [2.45, 2.75) is 13.5 Å². The highest BCUT2D eigenvalue weighted by molar-refractivity contribution is 7.13. The second-order valence-corrected chi connectivity index (χ2v) is 6.18. The molecule has 1 amide bonds. The lowest BCUT2D eigenvalue weighted by Gasteiger charge is -2.06. The fourth-order valence-electron chi connectivity index (χ4n) is 1.91. The number of anilines is 1. The zero-order chi connectivity index (χ0) is 16.4. The Bertz CT molecular complexity index is 899. The number of thiophene rings is 1. The van der Waals surface area contributed by atoms with Gasteiger partial charge in [0.15, 0.2) is 0 Å². The van der Waals surface area contributed by atoms with Crippen LogP contribution in [0.3, 0.4) is 0 Å². The molecule has 0 saturated heterocycles. The first-order valence-electron chi connectivity index (χ1n) is 6.71. The molecular formula is C15H12ClN3O3S. The van der Waals surface area contributed by atoms with Gasteiger partial charge in [-0.05, 0) is 36.1 Å². The normalized spacial score (nSPS) is 10.7. The standard InChI is InChI=1S/C15H12ClN3O3S/c1-9-4-5-10(7-11(9)16)17-13(20)8-19-15(21)22-14(18-19)12-3-2-6-23-12/h2-7H,8H2,1H3,(H,17,20). The van der Waals surface area contributed by atoms with Crippen LogP contribution < -0.4 is 11.1 Å². The molecule has 1 N–H and O–H groups in total. The van der Waals surface area contributed by atoms with E-state index in [0.717, 1.165) is 15.1 Å². The van der Waals surface area contributed by atoms with Crippen LogP contribution >= 0.6 is 22.9 Å². The van der Waals surface area contributed by atoms with Crippen molar-refractivity contribution >= 4 is 34.5 Å². The summed E-state index contributed by atoms with van der Waals surface area (Å²) in [4.78, 5) is 24.5. The highest BCUT2D eigenvalue weighted by Crippen LogP contribution is 2.21. The average molecular weight is 350 g/mol. The Morgan fingerprint density at radius 2 is 2.26 bits per heavy atom. The van der Waals surface area contributed by atoms with Gasteiger partial charge in [-0.2, -0.15) is 4.68 Å². The number of rotatable bonds is 4. The highest BCUT2D eigenvalue weighted by atomic mass is 35.5. The number of nitrogens with one attached hydrogen (secondary N) is 1. The molecule has 8 heteroatoms. The molecule has 2 heterocycles. The fourth-order valence-corrected chi connectivity index (χ4v) is 2.74. The molecule has 23 heavy (non-hydrogen) atoms. The third-order valence-electron chi connectivity index (χ3n) is 3.09. The first-order valence-corrected chi connectivity index (χ1v) is 7.96. The molecule has 3 aromatic rings. The summed E-state index contributed by atoms with van der Waals surface area (Å²) in [6.07, 6.45) is 0. The number of aromatic nitrogens is 2. The third-order valence-corrected chi connectivity index (χ3v) is 4.35. The van der Waals surface area contributed by atoms with Gasteiger partial charge in [-0.1, -0.05) is 23.7 Å². The average Bonchev–Trinajstić information content (AvgIpc) is 3.13. The Kier molecular flexibility index (Phi) is 4.31. The first kappa shape index (κ1) is 15.5. The van der Waals surface area contributed by atoms with Gasteiger partial charge in [-0.3, -0.25) is 4.79 Å². The van der Waals surface area contributed by atoms with Crippen LogP contribution in [0.15, 0.2) is 44.9 Å². The fraction of sp³-hybridized carbons (Fsp3) is 0.133. The van der Waals surface area contributed by atoms with Crippen LogP contribution in [0, 0.1) is 6.92 Å². The summed E-state index contributed by atoms with van der Waals surface area (Å²) in [5.41, 5.74) is 1.47. The van der Waals surface area contributed by atoms with Crippen molar-refractivity contribution in [3.8, 4) is 10.8 Å². The van der Waals surface area contributed by atoms with E-state index in [1.54, 1.807) is 24.3 Å². The molecule has 0 unspecified atom stereocenters. The van der Waals surface area contributed by atoms with Gasteiger partial charge in [0.2, 0.25) is 5.91 Å². The van der Waals surface area contributed by atoms with Crippen LogP contribution in [0.4, 0.5) is 5.69 Å². The quantitative estimate of drug-likeness (QED) is 0.784. The molecule has 0 aliphatic carbocycles. The third kappa shape index (κ3) is 3.52. The number of amides is 1. The van der Waals surface area contributed by atoms with Crippen LogP contribution in [-0.4, -0.2) is 15.7 Å². The molecule has 3 rings (SSSR count). The van der Waals surface area contributed by atoms with Crippen LogP contribution in [-0.2, 0) is 11.3 Å². The van der Waals surface area contributed by atoms with Crippen molar-refractivity contribution < 1.29 is 9.21 Å². The number of benzene rings is 1. The molecule has 0 aliphatic heterocycles. The van der Waals surface area contributed by atoms with Gasteiger partial charge >= 0.3 is 5.76 Å². The SMILES string of the molecule is Cc1ccc(NC(=O)Cn2nc(-c3cccs3)oc2=O)cc1Cl. The van der Waals surface area contributed by atoms with Crippen LogP contribution in [0.5, 0.6) is 0 Å². The Morgan fingerprint density at radius 1 is 1.43 bits per heavy atom. The lowest BCUT2D eigenvalue weighted by molar-refractivity contribution is -0.117. The van der Waals surface area contributed by atoms with E-state index in [-0.39, 0.29) is 12.4 Å². The van der Waals surface area contributed by atoms with E-state index in [1.165, 1.54) is 11.3 Å². The lowest BCUT2D eigenvalue weighted by Crippen LogP contribution is -2.25. The number of hydrogen-bond donors (Lipinski definition) is 1. The van der Waals surface area contributed by atoms with E-state index in [9.17, 15) is 9.59 Å². The summed E-state index contributed by atoms with van der Waals surface area (Å²) >= 11 is 7.41. The molecule has 0 radical (unpaired) electrons. The molecule has 0 bridgehead atoms. The minimum absolute atomic E-state index is 0.205. The number of aryl methyl sites for hydroxylation is 1. The summed E-state index contributed by atoms with van der Waals surface area (Å²) < 4.78 is 6.04. The Labute approximate surface area is 140 Å². The lowest BCUT2D eigenvalue weighted by atomic mass is 10.2. The summed E-state index contributed by atoms with van der Waals surface area (Å²) in [5, 5.41) is 9.10. The minimum Gasteiger partial charge on any atom is -0.387 e. The Balaban J connectivity index is 1.73. The van der Waals surface area contributed by atoms with Crippen LogP contribution in [0.1, 0.15) is 5.56 Å². The van der Waals surface area contributed by atoms with E-state index in [2.05, 4.69) is 10.4 Å². The zero-order valence-electron chi connectivity index (χ0n) is 12.1. The smallest absolute Gasteiger partial charge is 0.387 e. The van der Waals surface area contributed by atoms with Gasteiger partial charge in [-0.25, -0.2) is 4.79 Å². The largest absolute Gasteiger partial charge is 0.437 e. The van der Waals surface area contributed by atoms with Gasteiger partial charge in [-0.15, -0.1) is 16.4 Å². The molecule has 0 saturated carbocycles. The van der Waals surface area contributed by atoms with E-state index < -0.39 is 11.7 Å². The summed E-state index contributed by atoms with van der Waals surface area (Å²) in [7, 11) is 0. The maximum absolute atomic E-state index is 12.0. The summed E-state index contributed by atoms with van der Waals surface area (Å²) in [6.45, 7) is 1.63. The Morgan fingerprint density at radius 3 is 2.96 bits per heavy atom. The van der Waals surface area contributed by atoms with Crippen LogP contribution in [0.25, 0.3) is 10.8 Å². The van der Waals surface area contributed by atoms with E-state index in [1.807, 2.05) is 18.4 Å². The molecular weight excluding hydrogens is 338 g/mol. The minimum atomic E-state index is -0.675. The summed E-state index contributed by atoms with van der Waals surface area (Å²) in [6, 6.07) is 8.80. The van der Waals surface area contributed by atoms with Crippen molar-refractivity contribution in [2.24, 2.45) is 0 Å². The topological polar surface area (TPSA) is 77.1 Å². The maximum Gasteiger partial charge on any atom is 0.437 e. The molecule has 0 fully saturated rings. The maximum atomic E-state index is 12.0. The Hall–Kier alpha value is -2.38.